The van der Waals surface area contributed by atoms with Crippen LogP contribution in [0.1, 0.15) is 12.6 Å². The van der Waals surface area contributed by atoms with E-state index in [1.54, 1.807) is 11.8 Å². The van der Waals surface area contributed by atoms with Gasteiger partial charge in [-0.2, -0.15) is 0 Å². The molecule has 1 aromatic heterocycles. The van der Waals surface area contributed by atoms with Crippen LogP contribution in [0.15, 0.2) is 23.2 Å². The van der Waals surface area contributed by atoms with Crippen molar-refractivity contribution in [2.45, 2.75) is 18.5 Å². The maximum absolute atomic E-state index is 5.44. The van der Waals surface area contributed by atoms with E-state index in [1.807, 2.05) is 18.2 Å². The molecular formula is C8H12N2S. The van der Waals surface area contributed by atoms with Crippen molar-refractivity contribution in [3.63, 3.8) is 0 Å². The molecule has 0 bridgehead atoms. The second-order valence-corrected chi connectivity index (χ2v) is 3.39. The van der Waals surface area contributed by atoms with Crippen LogP contribution in [0.2, 0.25) is 0 Å². The fraction of sp³-hybridized carbons (Fsp3) is 0.375. The Morgan fingerprint density at radius 3 is 3.00 bits per heavy atom. The normalized spacial score (nSPS) is 10.0. The van der Waals surface area contributed by atoms with Crippen molar-refractivity contribution in [2.75, 3.05) is 5.75 Å². The maximum atomic E-state index is 5.44. The number of nitrogens with two attached hydrogens (primary N) is 1. The molecule has 3 heteroatoms. The zero-order chi connectivity index (χ0) is 8.10. The molecule has 2 nitrogen and oxygen atoms in total. The van der Waals surface area contributed by atoms with Crippen LogP contribution in [0.25, 0.3) is 0 Å². The van der Waals surface area contributed by atoms with Crippen LogP contribution in [0.5, 0.6) is 0 Å². The summed E-state index contributed by atoms with van der Waals surface area (Å²) in [6.07, 6.45) is 0. The third-order valence-corrected chi connectivity index (χ3v) is 2.09. The van der Waals surface area contributed by atoms with Crippen LogP contribution in [0.4, 0.5) is 0 Å². The van der Waals surface area contributed by atoms with Crippen LogP contribution >= 0.6 is 11.8 Å². The standard InChI is InChI=1S/C8H12N2S/c1-2-11-8-5-3-4-7(6-9)10-8/h3-5H,2,6,9H2,1H3. The van der Waals surface area contributed by atoms with E-state index in [0.29, 0.717) is 6.54 Å². The van der Waals surface area contributed by atoms with Gasteiger partial charge in [-0.1, -0.05) is 13.0 Å². The van der Waals surface area contributed by atoms with Gasteiger partial charge in [0.05, 0.1) is 10.7 Å². The van der Waals surface area contributed by atoms with Gasteiger partial charge >= 0.3 is 0 Å². The van der Waals surface area contributed by atoms with Crippen LogP contribution in [-0.4, -0.2) is 10.7 Å². The van der Waals surface area contributed by atoms with Crippen molar-refractivity contribution in [1.82, 2.24) is 4.98 Å². The van der Waals surface area contributed by atoms with E-state index in [4.69, 9.17) is 5.73 Å². The first kappa shape index (κ1) is 8.56. The fourth-order valence-electron chi connectivity index (χ4n) is 0.800. The topological polar surface area (TPSA) is 38.9 Å². The van der Waals surface area contributed by atoms with Crippen molar-refractivity contribution in [1.29, 1.82) is 0 Å². The van der Waals surface area contributed by atoms with Gasteiger partial charge < -0.3 is 5.73 Å². The van der Waals surface area contributed by atoms with Gasteiger partial charge in [-0.15, -0.1) is 11.8 Å². The first-order valence-electron chi connectivity index (χ1n) is 3.65. The summed E-state index contributed by atoms with van der Waals surface area (Å²) in [5, 5.41) is 1.07. The molecule has 0 saturated carbocycles. The van der Waals surface area contributed by atoms with E-state index in [1.165, 1.54) is 0 Å². The van der Waals surface area contributed by atoms with Gasteiger partial charge in [-0.25, -0.2) is 4.98 Å². The fourth-order valence-corrected chi connectivity index (χ4v) is 1.45. The Bertz CT molecular complexity index is 225. The number of aromatic nitrogens is 1. The third-order valence-electron chi connectivity index (χ3n) is 1.28. The Kier molecular flexibility index (Phi) is 3.39. The Morgan fingerprint density at radius 1 is 1.55 bits per heavy atom. The molecule has 11 heavy (non-hydrogen) atoms. The lowest BCUT2D eigenvalue weighted by molar-refractivity contribution is 0.942. The number of hydrogen-bond donors (Lipinski definition) is 1. The summed E-state index contributed by atoms with van der Waals surface area (Å²) in [5.41, 5.74) is 6.40. The highest BCUT2D eigenvalue weighted by atomic mass is 32.2. The number of hydrogen-bond acceptors (Lipinski definition) is 3. The predicted molar refractivity (Wildman–Crippen MR) is 48.5 cm³/mol. The summed E-state index contributed by atoms with van der Waals surface area (Å²) >= 11 is 1.74. The molecular weight excluding hydrogens is 156 g/mol. The van der Waals surface area contributed by atoms with Crippen LogP contribution in [0.3, 0.4) is 0 Å². The summed E-state index contributed by atoms with van der Waals surface area (Å²) in [6, 6.07) is 5.94. The molecule has 0 saturated heterocycles. The highest BCUT2D eigenvalue weighted by Gasteiger charge is 1.93. The monoisotopic (exact) mass is 168 g/mol. The summed E-state index contributed by atoms with van der Waals surface area (Å²) in [7, 11) is 0. The zero-order valence-corrected chi connectivity index (χ0v) is 7.40. The highest BCUT2D eigenvalue weighted by molar-refractivity contribution is 7.99. The lowest BCUT2D eigenvalue weighted by Crippen LogP contribution is -1.99. The minimum atomic E-state index is 0.526. The molecule has 1 aromatic rings. The number of nitrogens with zero attached hydrogens (tertiary/aromatic N) is 1. The van der Waals surface area contributed by atoms with Gasteiger partial charge in [0, 0.05) is 6.54 Å². The van der Waals surface area contributed by atoms with Gasteiger partial charge in [0.1, 0.15) is 0 Å². The smallest absolute Gasteiger partial charge is 0.0963 e. The maximum Gasteiger partial charge on any atom is 0.0963 e. The molecule has 0 amide bonds. The second-order valence-electron chi connectivity index (χ2n) is 2.10. The van der Waals surface area contributed by atoms with E-state index >= 15 is 0 Å². The quantitative estimate of drug-likeness (QED) is 0.697. The molecule has 0 aliphatic heterocycles. The molecule has 0 aliphatic rings. The van der Waals surface area contributed by atoms with E-state index in [0.717, 1.165) is 16.5 Å². The lowest BCUT2D eigenvalue weighted by atomic mass is 10.4. The number of rotatable bonds is 3. The van der Waals surface area contributed by atoms with Gasteiger partial charge in [0.2, 0.25) is 0 Å². The predicted octanol–water partition coefficient (Wildman–Crippen LogP) is 1.65. The molecule has 0 spiro atoms. The van der Waals surface area contributed by atoms with E-state index < -0.39 is 0 Å². The molecule has 0 fully saturated rings. The average molecular weight is 168 g/mol. The van der Waals surface area contributed by atoms with Crippen LogP contribution < -0.4 is 5.73 Å². The first-order chi connectivity index (χ1) is 5.36. The zero-order valence-electron chi connectivity index (χ0n) is 6.58. The van der Waals surface area contributed by atoms with Crippen LogP contribution in [0, 0.1) is 0 Å². The molecule has 0 unspecified atom stereocenters. The third kappa shape index (κ3) is 2.52. The molecule has 0 aliphatic carbocycles. The minimum absolute atomic E-state index is 0.526. The van der Waals surface area contributed by atoms with Crippen LogP contribution in [-0.2, 0) is 6.54 Å². The Morgan fingerprint density at radius 2 is 2.36 bits per heavy atom. The highest BCUT2D eigenvalue weighted by Crippen LogP contribution is 2.13. The summed E-state index contributed by atoms with van der Waals surface area (Å²) in [5.74, 6) is 1.06. The molecule has 60 valence electrons. The molecule has 0 atom stereocenters. The SMILES string of the molecule is CCSc1cccc(CN)n1. The van der Waals surface area contributed by atoms with Gasteiger partial charge in [0.25, 0.3) is 0 Å². The summed E-state index contributed by atoms with van der Waals surface area (Å²) in [6.45, 7) is 2.64. The lowest BCUT2D eigenvalue weighted by Gasteiger charge is -1.99. The van der Waals surface area contributed by atoms with Crippen molar-refractivity contribution >= 4 is 11.8 Å². The second kappa shape index (κ2) is 4.36. The molecule has 1 heterocycles. The Hall–Kier alpha value is -0.540. The average Bonchev–Trinajstić information content (AvgIpc) is 2.06. The largest absolute Gasteiger partial charge is 0.325 e. The minimum Gasteiger partial charge on any atom is -0.325 e. The van der Waals surface area contributed by atoms with E-state index in [9.17, 15) is 0 Å². The van der Waals surface area contributed by atoms with E-state index in [2.05, 4.69) is 11.9 Å². The van der Waals surface area contributed by atoms with Gasteiger partial charge in [-0.05, 0) is 17.9 Å². The van der Waals surface area contributed by atoms with Crippen molar-refractivity contribution < 1.29 is 0 Å². The Labute approximate surface area is 71.2 Å². The van der Waals surface area contributed by atoms with Crippen molar-refractivity contribution in [3.05, 3.63) is 23.9 Å². The molecule has 1 rings (SSSR count). The first-order valence-corrected chi connectivity index (χ1v) is 4.64. The van der Waals surface area contributed by atoms with E-state index in [-0.39, 0.29) is 0 Å². The molecule has 0 aromatic carbocycles. The van der Waals surface area contributed by atoms with Gasteiger partial charge in [-0.3, -0.25) is 0 Å². The summed E-state index contributed by atoms with van der Waals surface area (Å²) in [4.78, 5) is 4.32. The number of pyridine rings is 1. The number of thioether (sulfide) groups is 1. The van der Waals surface area contributed by atoms with Crippen molar-refractivity contribution in [2.24, 2.45) is 5.73 Å². The Balaban J connectivity index is 2.74. The molecule has 2 N–H and O–H groups in total. The molecule has 0 radical (unpaired) electrons. The van der Waals surface area contributed by atoms with Crippen molar-refractivity contribution in [3.8, 4) is 0 Å². The summed E-state index contributed by atoms with van der Waals surface area (Å²) < 4.78 is 0. The van der Waals surface area contributed by atoms with Gasteiger partial charge in [0.15, 0.2) is 0 Å².